The van der Waals surface area contributed by atoms with Crippen LogP contribution in [-0.4, -0.2) is 21.2 Å². The van der Waals surface area contributed by atoms with E-state index in [1.54, 1.807) is 36.4 Å². The number of hydrogen-bond acceptors (Lipinski definition) is 6. The average molecular weight is 337 g/mol. The standard InChI is InChI=1S/C17H11N3O3S/c21-11-5-3-4-10(8-11)9-14-15(22)19-17(24-14)20-16-18-12-6-1-2-7-13(12)23-16/h1-9,21H,(H,18,19,20,22)/b14-9-. The quantitative estimate of drug-likeness (QED) is 0.700. The minimum absolute atomic E-state index is 0.146. The summed E-state index contributed by atoms with van der Waals surface area (Å²) in [5.41, 5.74) is 2.08. The van der Waals surface area contributed by atoms with Crippen LogP contribution in [0.15, 0.2) is 62.8 Å². The van der Waals surface area contributed by atoms with Gasteiger partial charge in [0.2, 0.25) is 0 Å². The van der Waals surface area contributed by atoms with Gasteiger partial charge in [0, 0.05) is 0 Å². The second-order valence-electron chi connectivity index (χ2n) is 5.04. The van der Waals surface area contributed by atoms with E-state index >= 15 is 0 Å². The predicted molar refractivity (Wildman–Crippen MR) is 92.9 cm³/mol. The number of hydrogen-bond donors (Lipinski definition) is 2. The Morgan fingerprint density at radius 1 is 1.21 bits per heavy atom. The van der Waals surface area contributed by atoms with Crippen molar-refractivity contribution in [3.63, 3.8) is 0 Å². The van der Waals surface area contributed by atoms with Crippen molar-refractivity contribution < 1.29 is 14.3 Å². The first-order valence-corrected chi connectivity index (χ1v) is 7.93. The zero-order chi connectivity index (χ0) is 16.5. The van der Waals surface area contributed by atoms with E-state index in [0.717, 1.165) is 5.56 Å². The smallest absolute Gasteiger partial charge is 0.325 e. The summed E-state index contributed by atoms with van der Waals surface area (Å²) < 4.78 is 5.52. The molecule has 2 aromatic carbocycles. The highest BCUT2D eigenvalue weighted by Crippen LogP contribution is 2.29. The van der Waals surface area contributed by atoms with Crippen LogP contribution in [0.3, 0.4) is 0 Å². The Balaban J connectivity index is 1.61. The number of phenols is 1. The lowest BCUT2D eigenvalue weighted by Gasteiger charge is -1.95. The molecule has 0 unspecified atom stereocenters. The van der Waals surface area contributed by atoms with Gasteiger partial charge in [-0.15, -0.1) is 0 Å². The SMILES string of the molecule is O=C1N/C(=N\c2nc3ccccc3o2)S/C1=C\c1cccc(O)c1. The molecule has 1 aliphatic heterocycles. The number of amidine groups is 1. The lowest BCUT2D eigenvalue weighted by Crippen LogP contribution is -2.19. The van der Waals surface area contributed by atoms with E-state index in [4.69, 9.17) is 4.42 Å². The molecule has 1 fully saturated rings. The first-order chi connectivity index (χ1) is 11.7. The fourth-order valence-corrected chi connectivity index (χ4v) is 3.06. The van der Waals surface area contributed by atoms with Crippen molar-refractivity contribution in [2.75, 3.05) is 0 Å². The van der Waals surface area contributed by atoms with Crippen molar-refractivity contribution in [3.8, 4) is 5.75 Å². The maximum absolute atomic E-state index is 12.0. The van der Waals surface area contributed by atoms with Crippen molar-refractivity contribution >= 4 is 46.0 Å². The number of nitrogens with zero attached hydrogens (tertiary/aromatic N) is 2. The normalized spacial score (nSPS) is 17.8. The molecule has 3 aromatic rings. The molecule has 2 heterocycles. The zero-order valence-electron chi connectivity index (χ0n) is 12.3. The Morgan fingerprint density at radius 2 is 2.08 bits per heavy atom. The molecule has 1 saturated heterocycles. The molecule has 0 aliphatic carbocycles. The number of para-hydroxylation sites is 2. The summed E-state index contributed by atoms with van der Waals surface area (Å²) in [4.78, 5) is 21.0. The predicted octanol–water partition coefficient (Wildman–Crippen LogP) is 3.43. The molecule has 1 aromatic heterocycles. The third-order valence-electron chi connectivity index (χ3n) is 3.30. The van der Waals surface area contributed by atoms with Crippen LogP contribution in [0, 0.1) is 0 Å². The molecule has 1 aliphatic rings. The lowest BCUT2D eigenvalue weighted by molar-refractivity contribution is -0.115. The molecule has 24 heavy (non-hydrogen) atoms. The summed E-state index contributed by atoms with van der Waals surface area (Å²) in [7, 11) is 0. The van der Waals surface area contributed by atoms with E-state index < -0.39 is 0 Å². The number of aliphatic imine (C=N–C) groups is 1. The Morgan fingerprint density at radius 3 is 2.92 bits per heavy atom. The summed E-state index contributed by atoms with van der Waals surface area (Å²) in [6.45, 7) is 0. The molecule has 0 bridgehead atoms. The van der Waals surface area contributed by atoms with Gasteiger partial charge < -0.3 is 14.8 Å². The number of carbonyl (C=O) groups is 1. The largest absolute Gasteiger partial charge is 0.508 e. The van der Waals surface area contributed by atoms with Gasteiger partial charge in [-0.05, 0) is 47.7 Å². The van der Waals surface area contributed by atoms with E-state index in [9.17, 15) is 9.90 Å². The van der Waals surface area contributed by atoms with Crippen LogP contribution in [0.5, 0.6) is 5.75 Å². The van der Waals surface area contributed by atoms with Crippen LogP contribution in [-0.2, 0) is 4.79 Å². The Labute approximate surface area is 140 Å². The number of carbonyl (C=O) groups excluding carboxylic acids is 1. The molecule has 0 saturated carbocycles. The van der Waals surface area contributed by atoms with E-state index in [2.05, 4.69) is 15.3 Å². The van der Waals surface area contributed by atoms with Crippen LogP contribution < -0.4 is 5.32 Å². The number of thioether (sulfide) groups is 1. The van der Waals surface area contributed by atoms with Crippen molar-refractivity contribution in [3.05, 3.63) is 59.0 Å². The zero-order valence-corrected chi connectivity index (χ0v) is 13.1. The van der Waals surface area contributed by atoms with Crippen molar-refractivity contribution in [1.29, 1.82) is 0 Å². The van der Waals surface area contributed by atoms with Gasteiger partial charge in [-0.25, -0.2) is 0 Å². The van der Waals surface area contributed by atoms with Crippen molar-refractivity contribution in [2.24, 2.45) is 4.99 Å². The molecular weight excluding hydrogens is 326 g/mol. The molecular formula is C17H11N3O3S. The van der Waals surface area contributed by atoms with Crippen LogP contribution in [0.25, 0.3) is 17.2 Å². The summed E-state index contributed by atoms with van der Waals surface area (Å²) in [6.07, 6.45) is 1.69. The summed E-state index contributed by atoms with van der Waals surface area (Å²) >= 11 is 1.19. The minimum Gasteiger partial charge on any atom is -0.508 e. The summed E-state index contributed by atoms with van der Waals surface area (Å²) in [6, 6.07) is 14.2. The summed E-state index contributed by atoms with van der Waals surface area (Å²) in [5.74, 6) is -0.105. The summed E-state index contributed by atoms with van der Waals surface area (Å²) in [5, 5.41) is 12.6. The third kappa shape index (κ3) is 2.89. The van der Waals surface area contributed by atoms with E-state index in [1.807, 2.05) is 18.2 Å². The number of phenolic OH excluding ortho intramolecular Hbond substituents is 1. The van der Waals surface area contributed by atoms with Gasteiger partial charge in [0.15, 0.2) is 10.8 Å². The highest BCUT2D eigenvalue weighted by Gasteiger charge is 2.24. The maximum atomic E-state index is 12.0. The van der Waals surface area contributed by atoms with Gasteiger partial charge in [0.25, 0.3) is 5.91 Å². The van der Waals surface area contributed by atoms with Gasteiger partial charge in [-0.2, -0.15) is 9.98 Å². The average Bonchev–Trinajstić information content (AvgIpc) is 3.10. The Kier molecular flexibility index (Phi) is 3.55. The topological polar surface area (TPSA) is 87.7 Å². The second kappa shape index (κ2) is 5.86. The van der Waals surface area contributed by atoms with Crippen LogP contribution in [0.2, 0.25) is 0 Å². The number of aromatic nitrogens is 1. The molecule has 2 N–H and O–H groups in total. The first-order valence-electron chi connectivity index (χ1n) is 7.11. The number of nitrogens with one attached hydrogen (secondary N) is 1. The number of aromatic hydroxyl groups is 1. The maximum Gasteiger partial charge on any atom is 0.325 e. The number of benzene rings is 2. The highest BCUT2D eigenvalue weighted by atomic mass is 32.2. The van der Waals surface area contributed by atoms with Gasteiger partial charge in [0.05, 0.1) is 4.91 Å². The lowest BCUT2D eigenvalue weighted by atomic mass is 10.2. The number of fused-ring (bicyclic) bond motifs is 1. The minimum atomic E-state index is -0.252. The number of oxazole rings is 1. The number of rotatable bonds is 2. The van der Waals surface area contributed by atoms with Gasteiger partial charge >= 0.3 is 6.01 Å². The van der Waals surface area contributed by atoms with Crippen molar-refractivity contribution in [1.82, 2.24) is 10.3 Å². The van der Waals surface area contributed by atoms with E-state index in [0.29, 0.717) is 21.2 Å². The Hall–Kier alpha value is -3.06. The molecule has 4 rings (SSSR count). The molecule has 7 heteroatoms. The van der Waals surface area contributed by atoms with Gasteiger partial charge in [-0.3, -0.25) is 4.79 Å². The fraction of sp³-hybridized carbons (Fsp3) is 0. The molecule has 118 valence electrons. The second-order valence-corrected chi connectivity index (χ2v) is 6.07. The van der Waals surface area contributed by atoms with Crippen LogP contribution in [0.1, 0.15) is 5.56 Å². The molecule has 0 radical (unpaired) electrons. The first kappa shape index (κ1) is 14.5. The fourth-order valence-electron chi connectivity index (χ4n) is 2.24. The van der Waals surface area contributed by atoms with Crippen LogP contribution >= 0.6 is 11.8 Å². The molecule has 6 nitrogen and oxygen atoms in total. The molecule has 0 spiro atoms. The third-order valence-corrected chi connectivity index (χ3v) is 4.21. The highest BCUT2D eigenvalue weighted by molar-refractivity contribution is 8.18. The molecule has 0 atom stereocenters. The van der Waals surface area contributed by atoms with Crippen molar-refractivity contribution in [2.45, 2.75) is 0 Å². The Bertz CT molecular complexity index is 974. The monoisotopic (exact) mass is 337 g/mol. The van der Waals surface area contributed by atoms with E-state index in [1.165, 1.54) is 11.8 Å². The molecule has 1 amide bonds. The van der Waals surface area contributed by atoms with Gasteiger partial charge in [-0.1, -0.05) is 24.3 Å². The van der Waals surface area contributed by atoms with E-state index in [-0.39, 0.29) is 17.7 Å². The van der Waals surface area contributed by atoms with Gasteiger partial charge in [0.1, 0.15) is 11.3 Å². The van der Waals surface area contributed by atoms with Crippen LogP contribution in [0.4, 0.5) is 6.01 Å². The number of amides is 1.